The van der Waals surface area contributed by atoms with Crippen molar-refractivity contribution in [3.63, 3.8) is 0 Å². The number of carbonyl (C=O) groups is 1. The average Bonchev–Trinajstić information content (AvgIpc) is 2.55. The third-order valence-corrected chi connectivity index (χ3v) is 4.22. The summed E-state index contributed by atoms with van der Waals surface area (Å²) in [6.45, 7) is 0. The van der Waals surface area contributed by atoms with Crippen LogP contribution < -0.4 is 10.6 Å². The predicted molar refractivity (Wildman–Crippen MR) is 94.1 cm³/mol. The molecule has 0 radical (unpaired) electrons. The van der Waals surface area contributed by atoms with Crippen LogP contribution in [0.2, 0.25) is 0 Å². The molecule has 8 nitrogen and oxygen atoms in total. The first-order chi connectivity index (χ1) is 11.8. The van der Waals surface area contributed by atoms with Gasteiger partial charge in [0.1, 0.15) is 17.5 Å². The van der Waals surface area contributed by atoms with E-state index < -0.39 is 16.0 Å². The maximum absolute atomic E-state index is 12.1. The Morgan fingerprint density at radius 1 is 1.28 bits per heavy atom. The molecule has 0 unspecified atom stereocenters. The molecule has 3 N–H and O–H groups in total. The number of rotatable bonds is 5. The number of anilines is 2. The zero-order valence-corrected chi connectivity index (χ0v) is 14.9. The Balaban J connectivity index is 2.09. The number of aromatic nitrogens is 1. The molecular formula is C15H11BrN4O4S. The maximum atomic E-state index is 12.1. The summed E-state index contributed by atoms with van der Waals surface area (Å²) in [5, 5.41) is 14.3. The number of nitriles is 1. The molecule has 0 aliphatic heterocycles. The minimum Gasteiger partial charge on any atom is -0.345 e. The lowest BCUT2D eigenvalue weighted by atomic mass is 10.2. The van der Waals surface area contributed by atoms with Gasteiger partial charge >= 0.3 is 0 Å². The number of carbonyl (C=O) groups excluding carboxylic acids is 1. The first-order valence-corrected chi connectivity index (χ1v) is 8.90. The second-order valence-corrected chi connectivity index (χ2v) is 6.96. The van der Waals surface area contributed by atoms with E-state index >= 15 is 0 Å². The van der Waals surface area contributed by atoms with Gasteiger partial charge in [-0.15, -0.1) is 0 Å². The monoisotopic (exact) mass is 422 g/mol. The molecule has 0 spiro atoms. The van der Waals surface area contributed by atoms with Gasteiger partial charge in [0.05, 0.1) is 4.90 Å². The molecule has 128 valence electrons. The lowest BCUT2D eigenvalue weighted by Gasteiger charge is -2.06. The van der Waals surface area contributed by atoms with Crippen molar-refractivity contribution in [2.45, 2.75) is 4.90 Å². The van der Waals surface area contributed by atoms with E-state index in [1.54, 1.807) is 24.4 Å². The van der Waals surface area contributed by atoms with Crippen LogP contribution in [-0.2, 0) is 14.9 Å². The summed E-state index contributed by atoms with van der Waals surface area (Å²) in [5.74, 6) is -0.253. The van der Waals surface area contributed by atoms with Gasteiger partial charge in [-0.3, -0.25) is 9.35 Å². The predicted octanol–water partition coefficient (Wildman–Crippen LogP) is 2.55. The Hall–Kier alpha value is -2.74. The average molecular weight is 423 g/mol. The van der Waals surface area contributed by atoms with Crippen molar-refractivity contribution < 1.29 is 17.8 Å². The normalized spacial score (nSPS) is 11.5. The third kappa shape index (κ3) is 5.39. The molecule has 1 aromatic carbocycles. The molecule has 1 heterocycles. The maximum Gasteiger partial charge on any atom is 0.294 e. The zero-order valence-electron chi connectivity index (χ0n) is 12.5. The fraction of sp³-hybridized carbons (Fsp3) is 0. The summed E-state index contributed by atoms with van der Waals surface area (Å²) < 4.78 is 31.6. The highest BCUT2D eigenvalue weighted by Crippen LogP contribution is 2.15. The summed E-state index contributed by atoms with van der Waals surface area (Å²) in [6.07, 6.45) is 2.75. The first kappa shape index (κ1) is 18.6. The van der Waals surface area contributed by atoms with Crippen LogP contribution in [0.1, 0.15) is 0 Å². The Morgan fingerprint density at radius 2 is 1.96 bits per heavy atom. The van der Waals surface area contributed by atoms with Gasteiger partial charge in [-0.25, -0.2) is 4.98 Å². The highest BCUT2D eigenvalue weighted by atomic mass is 79.9. The van der Waals surface area contributed by atoms with E-state index in [1.165, 1.54) is 18.3 Å². The van der Waals surface area contributed by atoms with Crippen LogP contribution in [-0.4, -0.2) is 23.9 Å². The number of hydrogen-bond donors (Lipinski definition) is 3. The van der Waals surface area contributed by atoms with Crippen molar-refractivity contribution in [2.24, 2.45) is 0 Å². The molecule has 25 heavy (non-hydrogen) atoms. The number of benzene rings is 1. The Kier molecular flexibility index (Phi) is 5.87. The van der Waals surface area contributed by atoms with E-state index in [0.29, 0.717) is 5.82 Å². The Bertz CT molecular complexity index is 966. The molecule has 0 saturated carbocycles. The van der Waals surface area contributed by atoms with E-state index in [-0.39, 0.29) is 16.2 Å². The highest BCUT2D eigenvalue weighted by Gasteiger charge is 2.12. The molecule has 0 atom stereocenters. The van der Waals surface area contributed by atoms with Gasteiger partial charge < -0.3 is 10.6 Å². The molecule has 2 aromatic rings. The summed E-state index contributed by atoms with van der Waals surface area (Å²) in [4.78, 5) is 15.8. The smallest absolute Gasteiger partial charge is 0.294 e. The SMILES string of the molecule is N#C/C(=C/Nc1cc(Br)ccn1)C(=O)Nc1ccc(S(=O)(=O)O)cc1. The van der Waals surface area contributed by atoms with Crippen LogP contribution in [0.15, 0.2) is 63.7 Å². The van der Waals surface area contributed by atoms with Crippen LogP contribution in [0.4, 0.5) is 11.5 Å². The van der Waals surface area contributed by atoms with Crippen LogP contribution in [0.25, 0.3) is 0 Å². The van der Waals surface area contributed by atoms with Crippen LogP contribution in [0.3, 0.4) is 0 Å². The molecule has 1 amide bonds. The van der Waals surface area contributed by atoms with Crippen molar-refractivity contribution in [1.29, 1.82) is 5.26 Å². The molecule has 0 fully saturated rings. The molecular weight excluding hydrogens is 412 g/mol. The van der Waals surface area contributed by atoms with Crippen LogP contribution in [0.5, 0.6) is 0 Å². The van der Waals surface area contributed by atoms with Crippen molar-refractivity contribution in [1.82, 2.24) is 4.98 Å². The Labute approximate surface area is 152 Å². The van der Waals surface area contributed by atoms with Crippen molar-refractivity contribution in [3.05, 3.63) is 58.8 Å². The minimum absolute atomic E-state index is 0.208. The fourth-order valence-electron chi connectivity index (χ4n) is 1.69. The van der Waals surface area contributed by atoms with Gasteiger partial charge in [0, 0.05) is 22.6 Å². The van der Waals surface area contributed by atoms with Crippen molar-refractivity contribution in [2.75, 3.05) is 10.6 Å². The number of halogens is 1. The van der Waals surface area contributed by atoms with Crippen molar-refractivity contribution >= 4 is 43.5 Å². The van der Waals surface area contributed by atoms with Gasteiger partial charge in [0.15, 0.2) is 0 Å². The molecule has 0 bridgehead atoms. The number of pyridine rings is 1. The molecule has 0 aliphatic rings. The van der Waals surface area contributed by atoms with E-state index in [0.717, 1.165) is 16.6 Å². The quantitative estimate of drug-likeness (QED) is 0.383. The molecule has 1 aromatic heterocycles. The van der Waals surface area contributed by atoms with Gasteiger partial charge in [0.2, 0.25) is 0 Å². The lowest BCUT2D eigenvalue weighted by Crippen LogP contribution is -2.14. The molecule has 10 heteroatoms. The number of nitrogens with zero attached hydrogens (tertiary/aromatic N) is 2. The van der Waals surface area contributed by atoms with Crippen molar-refractivity contribution in [3.8, 4) is 6.07 Å². The number of amides is 1. The largest absolute Gasteiger partial charge is 0.345 e. The standard InChI is InChI=1S/C15H11BrN4O4S/c16-11-5-6-18-14(7-11)19-9-10(8-17)15(21)20-12-1-3-13(4-2-12)25(22,23)24/h1-7,9H,(H,18,19)(H,20,21)(H,22,23,24)/b10-9-. The lowest BCUT2D eigenvalue weighted by molar-refractivity contribution is -0.112. The molecule has 2 rings (SSSR count). The first-order valence-electron chi connectivity index (χ1n) is 6.67. The third-order valence-electron chi connectivity index (χ3n) is 2.86. The van der Waals surface area contributed by atoms with E-state index in [4.69, 9.17) is 9.81 Å². The summed E-state index contributed by atoms with van der Waals surface area (Å²) >= 11 is 3.27. The van der Waals surface area contributed by atoms with E-state index in [2.05, 4.69) is 31.5 Å². The van der Waals surface area contributed by atoms with E-state index in [1.807, 2.05) is 0 Å². The summed E-state index contributed by atoms with van der Waals surface area (Å²) in [5.41, 5.74) is 0.0553. The molecule has 0 saturated heterocycles. The highest BCUT2D eigenvalue weighted by molar-refractivity contribution is 9.10. The zero-order chi connectivity index (χ0) is 18.4. The van der Waals surface area contributed by atoms with Crippen LogP contribution in [0, 0.1) is 11.3 Å². The second-order valence-electron chi connectivity index (χ2n) is 4.63. The van der Waals surface area contributed by atoms with Gasteiger partial charge in [-0.05, 0) is 36.4 Å². The van der Waals surface area contributed by atoms with E-state index in [9.17, 15) is 13.2 Å². The second kappa shape index (κ2) is 7.89. The summed E-state index contributed by atoms with van der Waals surface area (Å²) in [6, 6.07) is 9.98. The topological polar surface area (TPSA) is 132 Å². The minimum atomic E-state index is -4.31. The van der Waals surface area contributed by atoms with Gasteiger partial charge in [-0.2, -0.15) is 13.7 Å². The summed E-state index contributed by atoms with van der Waals surface area (Å²) in [7, 11) is -4.31. The molecule has 0 aliphatic carbocycles. The van der Waals surface area contributed by atoms with Gasteiger partial charge in [0.25, 0.3) is 16.0 Å². The Morgan fingerprint density at radius 3 is 2.52 bits per heavy atom. The van der Waals surface area contributed by atoms with Crippen LogP contribution >= 0.6 is 15.9 Å². The number of nitrogens with one attached hydrogen (secondary N) is 2. The van der Waals surface area contributed by atoms with Gasteiger partial charge in [-0.1, -0.05) is 15.9 Å². The number of hydrogen-bond acceptors (Lipinski definition) is 6. The fourth-order valence-corrected chi connectivity index (χ4v) is 2.50.